The van der Waals surface area contributed by atoms with Gasteiger partial charge in [-0.15, -0.1) is 0 Å². The van der Waals surface area contributed by atoms with E-state index >= 15 is 0 Å². The second-order valence-electron chi connectivity index (χ2n) is 5.49. The number of para-hydroxylation sites is 1. The summed E-state index contributed by atoms with van der Waals surface area (Å²) in [4.78, 5) is 23.8. The van der Waals surface area contributed by atoms with E-state index in [1.807, 2.05) is 23.5 Å². The standard InChI is InChI=1S/C18H14F3N5O/c19-18(20,21)15(14-8-4-5-9-22-14)26-16(27)12-10-23-17(24-11-12)25-13-6-2-1-3-7-13/h1-11,15H,(H,26,27)(H,23,24,25). The molecule has 0 aliphatic carbocycles. The monoisotopic (exact) mass is 373 g/mol. The molecular formula is C18H14F3N5O. The Balaban J connectivity index is 1.73. The number of pyridine rings is 1. The summed E-state index contributed by atoms with van der Waals surface area (Å²) < 4.78 is 39.9. The Bertz CT molecular complexity index is 886. The molecule has 0 saturated carbocycles. The van der Waals surface area contributed by atoms with Gasteiger partial charge in [-0.1, -0.05) is 24.3 Å². The Hall–Kier alpha value is -3.49. The van der Waals surface area contributed by atoms with E-state index in [-0.39, 0.29) is 17.2 Å². The highest BCUT2D eigenvalue weighted by Gasteiger charge is 2.43. The molecule has 27 heavy (non-hydrogen) atoms. The molecule has 0 aliphatic heterocycles. The molecule has 3 rings (SSSR count). The van der Waals surface area contributed by atoms with Gasteiger partial charge in [-0.05, 0) is 24.3 Å². The first kappa shape index (κ1) is 18.3. The number of rotatable bonds is 5. The van der Waals surface area contributed by atoms with Crippen molar-refractivity contribution >= 4 is 17.5 Å². The first-order valence-electron chi connectivity index (χ1n) is 7.86. The topological polar surface area (TPSA) is 79.8 Å². The number of aromatic nitrogens is 3. The quantitative estimate of drug-likeness (QED) is 0.714. The summed E-state index contributed by atoms with van der Waals surface area (Å²) >= 11 is 0. The van der Waals surface area contributed by atoms with E-state index in [0.717, 1.165) is 18.1 Å². The minimum absolute atomic E-state index is 0.0983. The fourth-order valence-corrected chi connectivity index (χ4v) is 2.25. The van der Waals surface area contributed by atoms with Crippen LogP contribution >= 0.6 is 0 Å². The summed E-state index contributed by atoms with van der Waals surface area (Å²) in [5, 5.41) is 4.85. The maximum absolute atomic E-state index is 13.3. The van der Waals surface area contributed by atoms with E-state index in [0.29, 0.717) is 0 Å². The van der Waals surface area contributed by atoms with Gasteiger partial charge in [0.1, 0.15) is 0 Å². The molecule has 0 radical (unpaired) electrons. The van der Waals surface area contributed by atoms with Gasteiger partial charge < -0.3 is 10.6 Å². The third-order valence-corrected chi connectivity index (χ3v) is 3.53. The fourth-order valence-electron chi connectivity index (χ4n) is 2.25. The fraction of sp³-hybridized carbons (Fsp3) is 0.111. The summed E-state index contributed by atoms with van der Waals surface area (Å²) in [6.45, 7) is 0. The number of nitrogens with one attached hydrogen (secondary N) is 2. The van der Waals surface area contributed by atoms with Gasteiger partial charge in [-0.2, -0.15) is 13.2 Å². The highest BCUT2D eigenvalue weighted by atomic mass is 19.4. The maximum atomic E-state index is 13.3. The molecule has 138 valence electrons. The van der Waals surface area contributed by atoms with Crippen LogP contribution in [0.15, 0.2) is 67.1 Å². The van der Waals surface area contributed by atoms with Crippen LogP contribution in [0.3, 0.4) is 0 Å². The van der Waals surface area contributed by atoms with Crippen LogP contribution in [0.1, 0.15) is 22.1 Å². The lowest BCUT2D eigenvalue weighted by Crippen LogP contribution is -2.38. The number of hydrogen-bond acceptors (Lipinski definition) is 5. The molecule has 9 heteroatoms. The first-order chi connectivity index (χ1) is 12.9. The summed E-state index contributed by atoms with van der Waals surface area (Å²) in [6, 6.07) is 11.0. The van der Waals surface area contributed by atoms with E-state index in [2.05, 4.69) is 20.3 Å². The predicted molar refractivity (Wildman–Crippen MR) is 92.3 cm³/mol. The molecule has 0 bridgehead atoms. The molecule has 2 aromatic heterocycles. The van der Waals surface area contributed by atoms with Crippen molar-refractivity contribution in [1.29, 1.82) is 0 Å². The van der Waals surface area contributed by atoms with E-state index in [9.17, 15) is 18.0 Å². The normalized spacial score (nSPS) is 12.3. The summed E-state index contributed by atoms with van der Waals surface area (Å²) in [6.07, 6.45) is -1.16. The molecule has 3 aromatic rings. The number of benzene rings is 1. The molecule has 2 heterocycles. The third-order valence-electron chi connectivity index (χ3n) is 3.53. The van der Waals surface area contributed by atoms with Crippen molar-refractivity contribution in [3.8, 4) is 0 Å². The number of nitrogens with zero attached hydrogens (tertiary/aromatic N) is 3. The number of alkyl halides is 3. The van der Waals surface area contributed by atoms with Crippen molar-refractivity contribution < 1.29 is 18.0 Å². The number of hydrogen-bond donors (Lipinski definition) is 2. The van der Waals surface area contributed by atoms with Gasteiger partial charge in [0.05, 0.1) is 11.3 Å². The zero-order valence-corrected chi connectivity index (χ0v) is 13.8. The van der Waals surface area contributed by atoms with Crippen molar-refractivity contribution in [1.82, 2.24) is 20.3 Å². The molecular weight excluding hydrogens is 359 g/mol. The van der Waals surface area contributed by atoms with Gasteiger partial charge in [0.2, 0.25) is 5.95 Å². The number of carbonyl (C=O) groups excluding carboxylic acids is 1. The Morgan fingerprint density at radius 3 is 2.19 bits per heavy atom. The largest absolute Gasteiger partial charge is 0.414 e. The lowest BCUT2D eigenvalue weighted by Gasteiger charge is -2.21. The summed E-state index contributed by atoms with van der Waals surface area (Å²) in [7, 11) is 0. The smallest absolute Gasteiger partial charge is 0.335 e. The lowest BCUT2D eigenvalue weighted by atomic mass is 10.1. The highest BCUT2D eigenvalue weighted by molar-refractivity contribution is 5.94. The molecule has 2 N–H and O–H groups in total. The third kappa shape index (κ3) is 4.78. The van der Waals surface area contributed by atoms with Gasteiger partial charge in [-0.3, -0.25) is 9.78 Å². The SMILES string of the molecule is O=C(NC(c1ccccn1)C(F)(F)F)c1cnc(Nc2ccccc2)nc1. The van der Waals surface area contributed by atoms with Crippen LogP contribution in [0.4, 0.5) is 24.8 Å². The van der Waals surface area contributed by atoms with Gasteiger partial charge in [0.15, 0.2) is 6.04 Å². The van der Waals surface area contributed by atoms with Crippen LogP contribution in [0.5, 0.6) is 0 Å². The van der Waals surface area contributed by atoms with Gasteiger partial charge >= 0.3 is 6.18 Å². The summed E-state index contributed by atoms with van der Waals surface area (Å²) in [5.41, 5.74) is 0.336. The average molecular weight is 373 g/mol. The number of anilines is 2. The van der Waals surface area contributed by atoms with Crippen molar-refractivity contribution in [3.63, 3.8) is 0 Å². The molecule has 1 atom stereocenters. The van der Waals surface area contributed by atoms with E-state index in [1.54, 1.807) is 12.1 Å². The Morgan fingerprint density at radius 2 is 1.59 bits per heavy atom. The molecule has 0 aliphatic rings. The van der Waals surface area contributed by atoms with Crippen LogP contribution in [0, 0.1) is 0 Å². The van der Waals surface area contributed by atoms with Gasteiger partial charge in [0, 0.05) is 24.3 Å². The average Bonchev–Trinajstić information content (AvgIpc) is 2.67. The predicted octanol–water partition coefficient (Wildman–Crippen LogP) is 3.65. The molecule has 0 saturated heterocycles. The Labute approximate surface area is 152 Å². The zero-order valence-electron chi connectivity index (χ0n) is 13.8. The number of halogens is 3. The minimum Gasteiger partial charge on any atom is -0.335 e. The maximum Gasteiger partial charge on any atom is 0.414 e. The van der Waals surface area contributed by atoms with Crippen molar-refractivity contribution in [2.75, 3.05) is 5.32 Å². The van der Waals surface area contributed by atoms with Crippen LogP contribution in [-0.2, 0) is 0 Å². The zero-order chi connectivity index (χ0) is 19.3. The van der Waals surface area contributed by atoms with E-state index < -0.39 is 18.1 Å². The number of carbonyl (C=O) groups is 1. The van der Waals surface area contributed by atoms with Crippen molar-refractivity contribution in [2.24, 2.45) is 0 Å². The van der Waals surface area contributed by atoms with Crippen LogP contribution in [0.2, 0.25) is 0 Å². The molecule has 1 aromatic carbocycles. The molecule has 1 unspecified atom stereocenters. The first-order valence-corrected chi connectivity index (χ1v) is 7.86. The second-order valence-corrected chi connectivity index (χ2v) is 5.49. The summed E-state index contributed by atoms with van der Waals surface area (Å²) in [5.74, 6) is -0.732. The van der Waals surface area contributed by atoms with Gasteiger partial charge in [-0.25, -0.2) is 9.97 Å². The molecule has 1 amide bonds. The molecule has 0 spiro atoms. The molecule has 6 nitrogen and oxygen atoms in total. The van der Waals surface area contributed by atoms with Gasteiger partial charge in [0.25, 0.3) is 5.91 Å². The minimum atomic E-state index is -4.69. The van der Waals surface area contributed by atoms with Crippen molar-refractivity contribution in [3.05, 3.63) is 78.4 Å². The van der Waals surface area contributed by atoms with E-state index in [1.165, 1.54) is 24.4 Å². The van der Waals surface area contributed by atoms with Crippen LogP contribution < -0.4 is 10.6 Å². The Kier molecular flexibility index (Phi) is 5.30. The van der Waals surface area contributed by atoms with Crippen LogP contribution in [0.25, 0.3) is 0 Å². The van der Waals surface area contributed by atoms with Crippen LogP contribution in [-0.4, -0.2) is 27.0 Å². The Morgan fingerprint density at radius 1 is 0.926 bits per heavy atom. The highest BCUT2D eigenvalue weighted by Crippen LogP contribution is 2.31. The lowest BCUT2D eigenvalue weighted by molar-refractivity contribution is -0.156. The molecule has 0 fully saturated rings. The second kappa shape index (κ2) is 7.81. The number of amides is 1. The van der Waals surface area contributed by atoms with Crippen molar-refractivity contribution in [2.45, 2.75) is 12.2 Å². The van der Waals surface area contributed by atoms with E-state index in [4.69, 9.17) is 0 Å².